The fourth-order valence-corrected chi connectivity index (χ4v) is 4.28. The summed E-state index contributed by atoms with van der Waals surface area (Å²) in [5, 5.41) is 9.61. The summed E-state index contributed by atoms with van der Waals surface area (Å²) in [5.74, 6) is -0.328. The molecule has 0 bridgehead atoms. The molecule has 0 radical (unpaired) electrons. The quantitative estimate of drug-likeness (QED) is 0.602. The fraction of sp³-hybridized carbons (Fsp3) is 0.250. The number of carbonyl (C=O) groups is 1. The number of sulfonamides is 1. The number of hydrogen-bond donors (Lipinski definition) is 2. The molecule has 0 saturated carbocycles. The van der Waals surface area contributed by atoms with E-state index in [0.29, 0.717) is 33.6 Å². The Balaban J connectivity index is 1.95. The zero-order valence-corrected chi connectivity index (χ0v) is 17.2. The van der Waals surface area contributed by atoms with Crippen LogP contribution in [0.25, 0.3) is 11.0 Å². The van der Waals surface area contributed by atoms with E-state index in [1.807, 2.05) is 0 Å². The van der Waals surface area contributed by atoms with Crippen LogP contribution in [0.2, 0.25) is 0 Å². The maximum atomic E-state index is 12.9. The van der Waals surface area contributed by atoms with Crippen LogP contribution in [0.15, 0.2) is 45.7 Å². The molecule has 0 aliphatic carbocycles. The van der Waals surface area contributed by atoms with Gasteiger partial charge in [-0.15, -0.1) is 0 Å². The third kappa shape index (κ3) is 4.06. The van der Waals surface area contributed by atoms with Gasteiger partial charge < -0.3 is 19.0 Å². The number of fused-ring (bicyclic) bond motifs is 1. The van der Waals surface area contributed by atoms with E-state index < -0.39 is 22.0 Å². The summed E-state index contributed by atoms with van der Waals surface area (Å²) in [6.45, 7) is 3.28. The van der Waals surface area contributed by atoms with E-state index in [2.05, 4.69) is 4.72 Å². The summed E-state index contributed by atoms with van der Waals surface area (Å²) in [6, 6.07) is 8.79. The first kappa shape index (κ1) is 20.7. The highest BCUT2D eigenvalue weighted by Gasteiger charge is 2.22. The average molecular weight is 419 g/mol. The number of rotatable bonds is 7. The van der Waals surface area contributed by atoms with Crippen LogP contribution in [0, 0.1) is 6.92 Å². The number of hydrogen-bond acceptors (Lipinski definition) is 6. The lowest BCUT2D eigenvalue weighted by Crippen LogP contribution is -2.27. The Morgan fingerprint density at radius 3 is 2.28 bits per heavy atom. The highest BCUT2D eigenvalue weighted by atomic mass is 32.2. The van der Waals surface area contributed by atoms with Crippen molar-refractivity contribution in [2.75, 3.05) is 14.2 Å². The van der Waals surface area contributed by atoms with Gasteiger partial charge in [-0.05, 0) is 49.7 Å². The largest absolute Gasteiger partial charge is 0.497 e. The van der Waals surface area contributed by atoms with Gasteiger partial charge in [-0.3, -0.25) is 0 Å². The summed E-state index contributed by atoms with van der Waals surface area (Å²) in [6.07, 6.45) is 0. The molecule has 0 saturated heterocycles. The van der Waals surface area contributed by atoms with Crippen LogP contribution in [-0.4, -0.2) is 33.7 Å². The predicted octanol–water partition coefficient (Wildman–Crippen LogP) is 3.50. The third-order valence-corrected chi connectivity index (χ3v) is 6.16. The van der Waals surface area contributed by atoms with Gasteiger partial charge in [-0.25, -0.2) is 17.9 Å². The summed E-state index contributed by atoms with van der Waals surface area (Å²) in [7, 11) is -0.857. The Morgan fingerprint density at radius 2 is 1.72 bits per heavy atom. The molecule has 1 heterocycles. The number of carboxylic acids is 1. The standard InChI is InChI=1S/C20H21NO7S/c1-11-17-10-16(5-6-18(17)28-19(11)20(22)23)29(24,25)21-12(2)13-7-14(26-3)9-15(8-13)27-4/h5-10,12,21H,1-4H3,(H,22,23). The van der Waals surface area contributed by atoms with Gasteiger partial charge in [0, 0.05) is 23.1 Å². The first-order valence-electron chi connectivity index (χ1n) is 8.68. The molecule has 1 unspecified atom stereocenters. The van der Waals surface area contributed by atoms with Crippen molar-refractivity contribution in [2.24, 2.45) is 0 Å². The molecule has 1 atom stereocenters. The van der Waals surface area contributed by atoms with Gasteiger partial charge in [0.25, 0.3) is 0 Å². The molecule has 1 aromatic heterocycles. The van der Waals surface area contributed by atoms with Crippen LogP contribution in [-0.2, 0) is 10.0 Å². The Bertz CT molecular complexity index is 1160. The highest BCUT2D eigenvalue weighted by molar-refractivity contribution is 7.89. The molecule has 9 heteroatoms. The monoisotopic (exact) mass is 419 g/mol. The molecule has 3 aromatic rings. The smallest absolute Gasteiger partial charge is 0.372 e. The van der Waals surface area contributed by atoms with E-state index in [4.69, 9.17) is 13.9 Å². The molecule has 3 rings (SSSR count). The van der Waals surface area contributed by atoms with Crippen molar-refractivity contribution in [3.05, 3.63) is 53.3 Å². The van der Waals surface area contributed by atoms with Crippen molar-refractivity contribution in [1.29, 1.82) is 0 Å². The number of nitrogens with one attached hydrogen (secondary N) is 1. The van der Waals surface area contributed by atoms with Gasteiger partial charge >= 0.3 is 5.97 Å². The molecule has 2 N–H and O–H groups in total. The van der Waals surface area contributed by atoms with E-state index in [9.17, 15) is 18.3 Å². The number of aromatic carboxylic acids is 1. The number of furan rings is 1. The molecular formula is C20H21NO7S. The van der Waals surface area contributed by atoms with Crippen molar-refractivity contribution in [3.8, 4) is 11.5 Å². The zero-order valence-electron chi connectivity index (χ0n) is 16.3. The Kier molecular flexibility index (Phi) is 5.54. The Morgan fingerprint density at radius 1 is 1.10 bits per heavy atom. The summed E-state index contributed by atoms with van der Waals surface area (Å²) < 4.78 is 44.2. The van der Waals surface area contributed by atoms with Crippen molar-refractivity contribution >= 4 is 27.0 Å². The second kappa shape index (κ2) is 7.76. The number of ether oxygens (including phenoxy) is 2. The van der Waals surface area contributed by atoms with Gasteiger partial charge in [-0.1, -0.05) is 0 Å². The normalized spacial score (nSPS) is 12.7. The van der Waals surface area contributed by atoms with E-state index in [1.54, 1.807) is 32.0 Å². The Hall–Kier alpha value is -3.04. The van der Waals surface area contributed by atoms with Crippen LogP contribution < -0.4 is 14.2 Å². The summed E-state index contributed by atoms with van der Waals surface area (Å²) in [5.41, 5.74) is 1.35. The van der Waals surface area contributed by atoms with Crippen LogP contribution in [0.5, 0.6) is 11.5 Å². The first-order valence-corrected chi connectivity index (χ1v) is 10.2. The number of methoxy groups -OCH3 is 2. The maximum Gasteiger partial charge on any atom is 0.372 e. The van der Waals surface area contributed by atoms with Crippen LogP contribution in [0.4, 0.5) is 0 Å². The van der Waals surface area contributed by atoms with Crippen molar-refractivity contribution in [1.82, 2.24) is 4.72 Å². The predicted molar refractivity (Wildman–Crippen MR) is 106 cm³/mol. The molecule has 29 heavy (non-hydrogen) atoms. The molecule has 0 amide bonds. The van der Waals surface area contributed by atoms with Gasteiger partial charge in [0.2, 0.25) is 15.8 Å². The van der Waals surface area contributed by atoms with Crippen molar-refractivity contribution in [3.63, 3.8) is 0 Å². The molecule has 2 aromatic carbocycles. The minimum atomic E-state index is -3.89. The number of benzene rings is 2. The maximum absolute atomic E-state index is 12.9. The second-order valence-corrected chi connectivity index (χ2v) is 8.22. The summed E-state index contributed by atoms with van der Waals surface area (Å²) in [4.78, 5) is 11.2. The molecule has 0 fully saturated rings. The third-order valence-electron chi connectivity index (χ3n) is 4.62. The van der Waals surface area contributed by atoms with Gasteiger partial charge in [0.1, 0.15) is 17.1 Å². The Labute approximate surface area is 168 Å². The fourth-order valence-electron chi connectivity index (χ4n) is 3.02. The average Bonchev–Trinajstić information content (AvgIpc) is 3.03. The van der Waals surface area contributed by atoms with Crippen molar-refractivity contribution < 1.29 is 32.2 Å². The molecule has 154 valence electrons. The zero-order chi connectivity index (χ0) is 21.3. The minimum Gasteiger partial charge on any atom is -0.497 e. The second-order valence-electron chi connectivity index (χ2n) is 6.51. The van der Waals surface area contributed by atoms with Crippen LogP contribution in [0.1, 0.15) is 34.6 Å². The van der Waals surface area contributed by atoms with E-state index >= 15 is 0 Å². The van der Waals surface area contributed by atoms with E-state index in [1.165, 1.54) is 32.4 Å². The lowest BCUT2D eigenvalue weighted by Gasteiger charge is -2.17. The highest BCUT2D eigenvalue weighted by Crippen LogP contribution is 2.30. The minimum absolute atomic E-state index is 0.00699. The molecule has 0 spiro atoms. The van der Waals surface area contributed by atoms with E-state index in [-0.39, 0.29) is 10.7 Å². The molecule has 0 aliphatic rings. The van der Waals surface area contributed by atoms with Crippen molar-refractivity contribution in [2.45, 2.75) is 24.8 Å². The molecule has 0 aliphatic heterocycles. The topological polar surface area (TPSA) is 115 Å². The lowest BCUT2D eigenvalue weighted by atomic mass is 10.1. The number of carboxylic acid groups (broad SMARTS) is 1. The van der Waals surface area contributed by atoms with Crippen LogP contribution >= 0.6 is 0 Å². The molecular weight excluding hydrogens is 398 g/mol. The van der Waals surface area contributed by atoms with Gasteiger partial charge in [-0.2, -0.15) is 0 Å². The molecule has 8 nitrogen and oxygen atoms in total. The number of aryl methyl sites for hydroxylation is 1. The first-order chi connectivity index (χ1) is 13.7. The van der Waals surface area contributed by atoms with E-state index in [0.717, 1.165) is 0 Å². The van der Waals surface area contributed by atoms with Gasteiger partial charge in [0.15, 0.2) is 0 Å². The van der Waals surface area contributed by atoms with Gasteiger partial charge in [0.05, 0.1) is 19.1 Å². The lowest BCUT2D eigenvalue weighted by molar-refractivity contribution is 0.0664. The van der Waals surface area contributed by atoms with Crippen LogP contribution in [0.3, 0.4) is 0 Å². The SMILES string of the molecule is COc1cc(OC)cc(C(C)NS(=O)(=O)c2ccc3oc(C(=O)O)c(C)c3c2)c1. The summed E-state index contributed by atoms with van der Waals surface area (Å²) >= 11 is 0.